The van der Waals surface area contributed by atoms with Gasteiger partial charge in [-0.05, 0) is 73.0 Å². The molecule has 1 aliphatic carbocycles. The van der Waals surface area contributed by atoms with E-state index in [0.29, 0.717) is 5.75 Å². The maximum atomic E-state index is 12.7. The van der Waals surface area contributed by atoms with E-state index >= 15 is 0 Å². The molecule has 35 heavy (non-hydrogen) atoms. The van der Waals surface area contributed by atoms with E-state index in [1.165, 1.54) is 14.7 Å². The smallest absolute Gasteiger partial charge is 0.345 e. The fourth-order valence-electron chi connectivity index (χ4n) is 4.33. The highest BCUT2D eigenvalue weighted by Crippen LogP contribution is 2.37. The van der Waals surface area contributed by atoms with Crippen LogP contribution in [0.15, 0.2) is 142 Å². The molecule has 0 bridgehead atoms. The fourth-order valence-corrected chi connectivity index (χ4v) is 6.41. The Morgan fingerprint density at radius 1 is 0.714 bits per heavy atom. The third kappa shape index (κ3) is 5.33. The number of benzene rings is 4. The Morgan fingerprint density at radius 3 is 1.80 bits per heavy atom. The molecule has 0 aromatic heterocycles. The summed E-state index contributed by atoms with van der Waals surface area (Å²) in [5, 5.41) is 0. The standard InChI is InChI=1S/C31H27O3S/c32-30(34-31(22-10-11-23-31)25-12-4-1-5-13-25)24-33-26-18-20-29(21-19-26)35(27-14-6-2-7-15-27)28-16-8-3-9-17-28/h1-10,12-22H,11,23-24H2/q+1. The van der Waals surface area contributed by atoms with Gasteiger partial charge in [0, 0.05) is 0 Å². The Hall–Kier alpha value is -3.76. The van der Waals surface area contributed by atoms with Gasteiger partial charge in [-0.15, -0.1) is 0 Å². The first kappa shape index (κ1) is 23.0. The Balaban J connectivity index is 1.28. The van der Waals surface area contributed by atoms with Crippen molar-refractivity contribution in [2.45, 2.75) is 33.1 Å². The van der Waals surface area contributed by atoms with Gasteiger partial charge in [-0.2, -0.15) is 0 Å². The van der Waals surface area contributed by atoms with Crippen molar-refractivity contribution in [2.24, 2.45) is 0 Å². The number of carbonyl (C=O) groups is 1. The second-order valence-electron chi connectivity index (χ2n) is 8.36. The first-order chi connectivity index (χ1) is 17.2. The van der Waals surface area contributed by atoms with E-state index in [1.807, 2.05) is 60.7 Å². The normalized spacial score (nSPS) is 16.8. The van der Waals surface area contributed by atoms with Crippen LogP contribution in [0.5, 0.6) is 5.75 Å². The molecule has 1 unspecified atom stereocenters. The third-order valence-electron chi connectivity index (χ3n) is 6.00. The van der Waals surface area contributed by atoms with Gasteiger partial charge < -0.3 is 9.47 Å². The molecule has 0 amide bonds. The van der Waals surface area contributed by atoms with Crippen molar-refractivity contribution < 1.29 is 14.3 Å². The second kappa shape index (κ2) is 10.7. The van der Waals surface area contributed by atoms with Crippen molar-refractivity contribution in [3.05, 3.63) is 133 Å². The lowest BCUT2D eigenvalue weighted by molar-refractivity contribution is -0.158. The average Bonchev–Trinajstić information content (AvgIpc) is 3.40. The number of esters is 1. The number of allylic oxidation sites excluding steroid dienone is 1. The van der Waals surface area contributed by atoms with Crippen LogP contribution in [0.25, 0.3) is 0 Å². The highest BCUT2D eigenvalue weighted by molar-refractivity contribution is 7.97. The summed E-state index contributed by atoms with van der Waals surface area (Å²) in [6.45, 7) is -0.134. The average molecular weight is 480 g/mol. The SMILES string of the molecule is O=C(COc1ccc([S+](c2ccccc2)c2ccccc2)cc1)OC1(c2ccccc2)C=CCC1. The number of carbonyl (C=O) groups excluding carboxylic acids is 1. The van der Waals surface area contributed by atoms with Crippen molar-refractivity contribution in [1.29, 1.82) is 0 Å². The Kier molecular flexibility index (Phi) is 7.01. The van der Waals surface area contributed by atoms with Crippen molar-refractivity contribution >= 4 is 16.9 Å². The van der Waals surface area contributed by atoms with E-state index in [4.69, 9.17) is 9.47 Å². The minimum absolute atomic E-state index is 0.134. The molecule has 4 aromatic rings. The van der Waals surface area contributed by atoms with Crippen LogP contribution in [0.1, 0.15) is 18.4 Å². The van der Waals surface area contributed by atoms with Gasteiger partial charge in [0.2, 0.25) is 0 Å². The first-order valence-electron chi connectivity index (χ1n) is 11.8. The van der Waals surface area contributed by atoms with Gasteiger partial charge >= 0.3 is 5.97 Å². The predicted octanol–water partition coefficient (Wildman–Crippen LogP) is 6.95. The monoisotopic (exact) mass is 479 g/mol. The number of hydrogen-bond acceptors (Lipinski definition) is 3. The molecule has 5 rings (SSSR count). The molecule has 0 spiro atoms. The van der Waals surface area contributed by atoms with E-state index in [9.17, 15) is 4.79 Å². The lowest BCUT2D eigenvalue weighted by Crippen LogP contribution is -2.31. The number of ether oxygens (including phenoxy) is 2. The zero-order valence-corrected chi connectivity index (χ0v) is 20.2. The Labute approximate surface area is 209 Å². The topological polar surface area (TPSA) is 35.5 Å². The van der Waals surface area contributed by atoms with Crippen molar-refractivity contribution in [1.82, 2.24) is 0 Å². The number of hydrogen-bond donors (Lipinski definition) is 0. The predicted molar refractivity (Wildman–Crippen MR) is 140 cm³/mol. The van der Waals surface area contributed by atoms with E-state index in [-0.39, 0.29) is 23.5 Å². The largest absolute Gasteiger partial charge is 0.482 e. The minimum Gasteiger partial charge on any atom is -0.482 e. The zero-order valence-electron chi connectivity index (χ0n) is 19.4. The summed E-state index contributed by atoms with van der Waals surface area (Å²) >= 11 is 0. The minimum atomic E-state index is -0.703. The summed E-state index contributed by atoms with van der Waals surface area (Å²) in [4.78, 5) is 16.4. The van der Waals surface area contributed by atoms with Gasteiger partial charge in [0.05, 0.1) is 10.9 Å². The molecule has 1 aliphatic rings. The van der Waals surface area contributed by atoms with E-state index in [1.54, 1.807) is 0 Å². The van der Waals surface area contributed by atoms with Gasteiger partial charge in [0.25, 0.3) is 0 Å². The molecule has 0 radical (unpaired) electrons. The van der Waals surface area contributed by atoms with Crippen LogP contribution in [0.3, 0.4) is 0 Å². The molecular formula is C31H27O3S+. The van der Waals surface area contributed by atoms with Crippen LogP contribution in [0, 0.1) is 0 Å². The molecule has 0 heterocycles. The van der Waals surface area contributed by atoms with Crippen LogP contribution in [0.4, 0.5) is 0 Å². The van der Waals surface area contributed by atoms with E-state index in [0.717, 1.165) is 18.4 Å². The van der Waals surface area contributed by atoms with Gasteiger partial charge in [0.15, 0.2) is 26.9 Å². The molecule has 0 saturated carbocycles. The van der Waals surface area contributed by atoms with Crippen LogP contribution >= 0.6 is 0 Å². The Morgan fingerprint density at radius 2 is 1.26 bits per heavy atom. The molecule has 0 fully saturated rings. The van der Waals surface area contributed by atoms with Gasteiger partial charge in [-0.3, -0.25) is 0 Å². The third-order valence-corrected chi connectivity index (χ3v) is 8.23. The zero-order chi connectivity index (χ0) is 23.9. The maximum Gasteiger partial charge on any atom is 0.345 e. The summed E-state index contributed by atoms with van der Waals surface area (Å²) in [7, 11) is -0.221. The molecule has 4 heteroatoms. The molecule has 0 aliphatic heterocycles. The Bertz CT molecular complexity index is 1230. The molecule has 3 nitrogen and oxygen atoms in total. The van der Waals surface area contributed by atoms with Gasteiger partial charge in [0.1, 0.15) is 5.75 Å². The molecule has 0 N–H and O–H groups in total. The maximum absolute atomic E-state index is 12.7. The summed E-state index contributed by atoms with van der Waals surface area (Å²) in [5.41, 5.74) is 0.283. The quantitative estimate of drug-likeness (QED) is 0.156. The van der Waals surface area contributed by atoms with Gasteiger partial charge in [-0.1, -0.05) is 72.8 Å². The van der Waals surface area contributed by atoms with Gasteiger partial charge in [-0.25, -0.2) is 4.79 Å². The van der Waals surface area contributed by atoms with E-state index < -0.39 is 5.60 Å². The van der Waals surface area contributed by atoms with Crippen LogP contribution in [0.2, 0.25) is 0 Å². The van der Waals surface area contributed by atoms with Crippen LogP contribution in [-0.4, -0.2) is 12.6 Å². The fraction of sp³-hybridized carbons (Fsp3) is 0.129. The lowest BCUT2D eigenvalue weighted by Gasteiger charge is -2.28. The van der Waals surface area contributed by atoms with Crippen molar-refractivity contribution in [3.63, 3.8) is 0 Å². The van der Waals surface area contributed by atoms with Crippen LogP contribution in [-0.2, 0) is 26.0 Å². The molecule has 0 saturated heterocycles. The molecule has 1 atom stereocenters. The summed E-state index contributed by atoms with van der Waals surface area (Å²) in [6.07, 6.45) is 5.69. The summed E-state index contributed by atoms with van der Waals surface area (Å²) in [6, 6.07) is 38.9. The van der Waals surface area contributed by atoms with Crippen molar-refractivity contribution in [2.75, 3.05) is 6.61 Å². The summed E-state index contributed by atoms with van der Waals surface area (Å²) < 4.78 is 11.7. The van der Waals surface area contributed by atoms with Crippen LogP contribution < -0.4 is 4.74 Å². The second-order valence-corrected chi connectivity index (χ2v) is 10.4. The summed E-state index contributed by atoms with van der Waals surface area (Å²) in [5.74, 6) is 0.268. The highest BCUT2D eigenvalue weighted by atomic mass is 32.2. The molecular weight excluding hydrogens is 452 g/mol. The van der Waals surface area contributed by atoms with E-state index in [2.05, 4.69) is 66.7 Å². The molecule has 174 valence electrons. The lowest BCUT2D eigenvalue weighted by atomic mass is 9.93. The first-order valence-corrected chi connectivity index (χ1v) is 13.0. The molecule has 4 aromatic carbocycles. The highest BCUT2D eigenvalue weighted by Gasteiger charge is 2.36. The van der Waals surface area contributed by atoms with Crippen molar-refractivity contribution in [3.8, 4) is 5.75 Å². The number of rotatable bonds is 8.